The van der Waals surface area contributed by atoms with Crippen LogP contribution in [0.15, 0.2) is 30.5 Å². The first-order valence-electron chi connectivity index (χ1n) is 5.00. The molecule has 2 aromatic rings. The average Bonchev–Trinajstić information content (AvgIpc) is 2.81. The van der Waals surface area contributed by atoms with Gasteiger partial charge >= 0.3 is 5.97 Å². The van der Waals surface area contributed by atoms with Gasteiger partial charge in [-0.2, -0.15) is 0 Å². The Bertz CT molecular complexity index is 634. The number of hydrogen-bond donors (Lipinski definition) is 3. The number of benzene rings is 1. The summed E-state index contributed by atoms with van der Waals surface area (Å²) in [6, 6.07) is 5.82. The van der Waals surface area contributed by atoms with Crippen LogP contribution in [0.4, 0.5) is 5.69 Å². The molecule has 0 aliphatic heterocycles. The number of nitrogens with one attached hydrogen (secondary N) is 1. The summed E-state index contributed by atoms with van der Waals surface area (Å²) >= 11 is 5.91. The number of nitrogens with two attached hydrogens (primary N) is 1. The first kappa shape index (κ1) is 12.2. The van der Waals surface area contributed by atoms with Crippen LogP contribution >= 0.6 is 11.6 Å². The molecule has 4 N–H and O–H groups in total. The third-order valence-electron chi connectivity index (χ3n) is 2.41. The van der Waals surface area contributed by atoms with E-state index in [1.807, 2.05) is 0 Å². The van der Waals surface area contributed by atoms with E-state index in [9.17, 15) is 9.59 Å². The number of carboxylic acid groups (broad SMARTS) is 1. The molecular weight excluding hydrogens is 256 g/mol. The number of H-pyrrole nitrogens is 1. The van der Waals surface area contributed by atoms with Gasteiger partial charge in [-0.05, 0) is 24.3 Å². The van der Waals surface area contributed by atoms with E-state index in [1.165, 1.54) is 24.4 Å². The molecule has 1 aromatic carbocycles. The molecule has 0 saturated carbocycles. The number of halogens is 1. The molecule has 0 amide bonds. The van der Waals surface area contributed by atoms with Crippen LogP contribution in [0.1, 0.15) is 26.4 Å². The van der Waals surface area contributed by atoms with E-state index in [-0.39, 0.29) is 27.6 Å². The third kappa shape index (κ3) is 2.21. The molecule has 0 spiro atoms. The summed E-state index contributed by atoms with van der Waals surface area (Å²) in [6.45, 7) is 0. The van der Waals surface area contributed by atoms with Crippen LogP contribution in [0.2, 0.25) is 5.02 Å². The number of aromatic nitrogens is 1. The molecule has 92 valence electrons. The lowest BCUT2D eigenvalue weighted by Crippen LogP contribution is -2.02. The van der Waals surface area contributed by atoms with Gasteiger partial charge in [0.25, 0.3) is 0 Å². The molecular formula is C12H9ClN2O3. The van der Waals surface area contributed by atoms with Gasteiger partial charge in [0.15, 0.2) is 5.78 Å². The van der Waals surface area contributed by atoms with Crippen LogP contribution in [0, 0.1) is 0 Å². The normalized spacial score (nSPS) is 10.3. The fourth-order valence-corrected chi connectivity index (χ4v) is 1.72. The van der Waals surface area contributed by atoms with Crippen LogP contribution in [0.3, 0.4) is 0 Å². The molecule has 6 heteroatoms. The van der Waals surface area contributed by atoms with Crippen LogP contribution < -0.4 is 5.73 Å². The molecule has 0 unspecified atom stereocenters. The summed E-state index contributed by atoms with van der Waals surface area (Å²) in [6.07, 6.45) is 1.32. The summed E-state index contributed by atoms with van der Waals surface area (Å²) < 4.78 is 0. The summed E-state index contributed by atoms with van der Waals surface area (Å²) in [7, 11) is 0. The second-order valence-corrected chi connectivity index (χ2v) is 4.08. The van der Waals surface area contributed by atoms with E-state index < -0.39 is 5.97 Å². The number of aromatic carboxylic acids is 1. The summed E-state index contributed by atoms with van der Waals surface area (Å²) in [5.74, 6) is -1.51. The predicted octanol–water partition coefficient (Wildman–Crippen LogP) is 2.18. The van der Waals surface area contributed by atoms with Crippen LogP contribution in [-0.2, 0) is 0 Å². The summed E-state index contributed by atoms with van der Waals surface area (Å²) in [4.78, 5) is 25.3. The van der Waals surface area contributed by atoms with Crippen molar-refractivity contribution >= 4 is 29.0 Å². The maximum Gasteiger partial charge on any atom is 0.352 e. The SMILES string of the molecule is Nc1ccc(Cl)c(C(=O)c2c[nH]c(C(=O)O)c2)c1. The van der Waals surface area contributed by atoms with Crippen LogP contribution in [0.25, 0.3) is 0 Å². The fraction of sp³-hybridized carbons (Fsp3) is 0. The van der Waals surface area contributed by atoms with Crippen molar-refractivity contribution in [1.82, 2.24) is 4.98 Å². The molecule has 5 nitrogen and oxygen atoms in total. The maximum atomic E-state index is 12.1. The molecule has 0 bridgehead atoms. The molecule has 0 atom stereocenters. The number of hydrogen-bond acceptors (Lipinski definition) is 3. The Morgan fingerprint density at radius 2 is 2.00 bits per heavy atom. The topological polar surface area (TPSA) is 96.2 Å². The van der Waals surface area contributed by atoms with Crippen molar-refractivity contribution in [2.24, 2.45) is 0 Å². The van der Waals surface area contributed by atoms with Crippen molar-refractivity contribution < 1.29 is 14.7 Å². The van der Waals surface area contributed by atoms with Gasteiger partial charge in [0, 0.05) is 23.0 Å². The average molecular weight is 265 g/mol. The number of aromatic amines is 1. The van der Waals surface area contributed by atoms with Crippen molar-refractivity contribution in [1.29, 1.82) is 0 Å². The highest BCUT2D eigenvalue weighted by Crippen LogP contribution is 2.22. The van der Waals surface area contributed by atoms with Gasteiger partial charge in [0.2, 0.25) is 0 Å². The Morgan fingerprint density at radius 3 is 2.61 bits per heavy atom. The van der Waals surface area contributed by atoms with Crippen molar-refractivity contribution in [2.75, 3.05) is 5.73 Å². The quantitative estimate of drug-likeness (QED) is 0.585. The first-order valence-corrected chi connectivity index (χ1v) is 5.38. The minimum absolute atomic E-state index is 0.0571. The van der Waals surface area contributed by atoms with Gasteiger partial charge < -0.3 is 15.8 Å². The fourth-order valence-electron chi connectivity index (χ4n) is 1.52. The zero-order valence-corrected chi connectivity index (χ0v) is 9.86. The zero-order chi connectivity index (χ0) is 13.3. The second kappa shape index (κ2) is 4.54. The van der Waals surface area contributed by atoms with Crippen LogP contribution in [-0.4, -0.2) is 21.8 Å². The summed E-state index contributed by atoms with van der Waals surface area (Å²) in [5, 5.41) is 9.03. The minimum atomic E-state index is -1.13. The van der Waals surface area contributed by atoms with E-state index in [0.717, 1.165) is 0 Å². The highest BCUT2D eigenvalue weighted by molar-refractivity contribution is 6.35. The molecule has 0 saturated heterocycles. The molecule has 0 radical (unpaired) electrons. The van der Waals surface area contributed by atoms with E-state index in [2.05, 4.69) is 4.98 Å². The van der Waals surface area contributed by atoms with Crippen LogP contribution in [0.5, 0.6) is 0 Å². The van der Waals surface area contributed by atoms with Gasteiger partial charge in [0.1, 0.15) is 5.69 Å². The molecule has 0 aliphatic rings. The Kier molecular flexibility index (Phi) is 3.08. The van der Waals surface area contributed by atoms with Gasteiger partial charge in [-0.15, -0.1) is 0 Å². The molecule has 0 aliphatic carbocycles. The molecule has 0 fully saturated rings. The Hall–Kier alpha value is -2.27. The lowest BCUT2D eigenvalue weighted by Gasteiger charge is -2.02. The zero-order valence-electron chi connectivity index (χ0n) is 9.11. The number of rotatable bonds is 3. The Labute approximate surface area is 107 Å². The molecule has 2 rings (SSSR count). The van der Waals surface area contributed by atoms with E-state index in [0.29, 0.717) is 5.69 Å². The number of carboxylic acids is 1. The number of carbonyl (C=O) groups is 2. The summed E-state index contributed by atoms with van der Waals surface area (Å²) in [5.41, 5.74) is 6.41. The van der Waals surface area contributed by atoms with E-state index in [4.69, 9.17) is 22.4 Å². The van der Waals surface area contributed by atoms with E-state index in [1.54, 1.807) is 6.07 Å². The van der Waals surface area contributed by atoms with Crippen molar-refractivity contribution in [3.63, 3.8) is 0 Å². The monoisotopic (exact) mass is 264 g/mol. The predicted molar refractivity (Wildman–Crippen MR) is 67.0 cm³/mol. The van der Waals surface area contributed by atoms with Gasteiger partial charge in [-0.3, -0.25) is 4.79 Å². The minimum Gasteiger partial charge on any atom is -0.477 e. The van der Waals surface area contributed by atoms with Gasteiger partial charge in [-0.25, -0.2) is 4.79 Å². The smallest absolute Gasteiger partial charge is 0.352 e. The second-order valence-electron chi connectivity index (χ2n) is 3.68. The molecule has 1 aromatic heterocycles. The Morgan fingerprint density at radius 1 is 1.28 bits per heavy atom. The Balaban J connectivity index is 2.41. The first-order chi connectivity index (χ1) is 8.49. The van der Waals surface area contributed by atoms with Gasteiger partial charge in [0.05, 0.1) is 5.02 Å². The number of ketones is 1. The number of nitrogen functional groups attached to an aromatic ring is 1. The highest BCUT2D eigenvalue weighted by atomic mass is 35.5. The maximum absolute atomic E-state index is 12.1. The van der Waals surface area contributed by atoms with E-state index >= 15 is 0 Å². The molecule has 18 heavy (non-hydrogen) atoms. The number of carbonyl (C=O) groups excluding carboxylic acids is 1. The largest absolute Gasteiger partial charge is 0.477 e. The third-order valence-corrected chi connectivity index (χ3v) is 2.74. The van der Waals surface area contributed by atoms with Crippen molar-refractivity contribution in [3.05, 3.63) is 52.3 Å². The number of anilines is 1. The highest BCUT2D eigenvalue weighted by Gasteiger charge is 2.16. The standard InChI is InChI=1S/C12H9ClN2O3/c13-9-2-1-7(14)4-8(9)11(16)6-3-10(12(17)18)15-5-6/h1-5,15H,14H2,(H,17,18). The van der Waals surface area contributed by atoms with Gasteiger partial charge in [-0.1, -0.05) is 11.6 Å². The van der Waals surface area contributed by atoms with Crippen molar-refractivity contribution in [2.45, 2.75) is 0 Å². The van der Waals surface area contributed by atoms with Crippen molar-refractivity contribution in [3.8, 4) is 0 Å². The lowest BCUT2D eigenvalue weighted by molar-refractivity contribution is 0.0691. The molecule has 1 heterocycles. The lowest BCUT2D eigenvalue weighted by atomic mass is 10.1.